The molecule has 0 saturated carbocycles. The molecule has 6 nitrogen and oxygen atoms in total. The highest BCUT2D eigenvalue weighted by Crippen LogP contribution is 2.18. The van der Waals surface area contributed by atoms with Gasteiger partial charge in [-0.15, -0.1) is 11.3 Å². The number of aryl methyl sites for hydroxylation is 1. The van der Waals surface area contributed by atoms with Crippen LogP contribution in [0.4, 0.5) is 0 Å². The number of hydrogen-bond acceptors (Lipinski definition) is 6. The molecule has 2 aromatic rings. The lowest BCUT2D eigenvalue weighted by Gasteiger charge is -2.21. The Hall–Kier alpha value is -2.19. The van der Waals surface area contributed by atoms with E-state index in [0.717, 1.165) is 22.0 Å². The topological polar surface area (TPSA) is 76.6 Å². The van der Waals surface area contributed by atoms with Gasteiger partial charge in [0.1, 0.15) is 12.4 Å². The van der Waals surface area contributed by atoms with Gasteiger partial charge in [0.15, 0.2) is 9.84 Å². The normalized spacial score (nSPS) is 18.7. The molecule has 2 heterocycles. The maximum Gasteiger partial charge on any atom is 0.246 e. The van der Waals surface area contributed by atoms with E-state index in [1.54, 1.807) is 24.5 Å². The second kappa shape index (κ2) is 8.22. The van der Waals surface area contributed by atoms with E-state index in [9.17, 15) is 13.2 Å². The Kier molecular flexibility index (Phi) is 5.96. The molecule has 1 amide bonds. The lowest BCUT2D eigenvalue weighted by Crippen LogP contribution is -2.36. The molecule has 1 atom stereocenters. The molecule has 0 N–H and O–H groups in total. The molecule has 0 radical (unpaired) electrons. The maximum absolute atomic E-state index is 12.3. The third-order valence-electron chi connectivity index (χ3n) is 4.46. The van der Waals surface area contributed by atoms with Crippen molar-refractivity contribution in [1.29, 1.82) is 0 Å². The predicted octanol–water partition coefficient (Wildman–Crippen LogP) is 2.69. The average molecular weight is 407 g/mol. The van der Waals surface area contributed by atoms with Crippen molar-refractivity contribution in [2.45, 2.75) is 26.0 Å². The molecule has 1 aliphatic heterocycles. The van der Waals surface area contributed by atoms with Crippen molar-refractivity contribution in [2.75, 3.05) is 18.6 Å². The van der Waals surface area contributed by atoms with Gasteiger partial charge in [-0.05, 0) is 37.1 Å². The number of carbonyl (C=O) groups excluding carboxylic acids is 1. The minimum atomic E-state index is -3.01. The monoisotopic (exact) mass is 406 g/mol. The molecular weight excluding hydrogens is 384 g/mol. The van der Waals surface area contributed by atoms with Crippen LogP contribution in [0.5, 0.6) is 5.75 Å². The maximum atomic E-state index is 12.3. The highest BCUT2D eigenvalue weighted by atomic mass is 32.2. The standard InChI is InChI=1S/C19H22N2O4S2/c1-14-20-16(12-26-14)11-25-18-6-3-15(4-7-18)5-8-19(22)21(2)17-9-10-27(23,24)13-17/h3-8,12,17H,9-11,13H2,1-2H3/b8-5+. The lowest BCUT2D eigenvalue weighted by molar-refractivity contribution is -0.126. The SMILES string of the molecule is Cc1nc(COc2ccc(/C=C/C(=O)N(C)C3CCS(=O)(=O)C3)cc2)cs1. The number of amides is 1. The van der Waals surface area contributed by atoms with Crippen LogP contribution in [-0.4, -0.2) is 48.8 Å². The summed E-state index contributed by atoms with van der Waals surface area (Å²) in [6, 6.07) is 7.18. The molecule has 0 bridgehead atoms. The second-order valence-electron chi connectivity index (χ2n) is 6.55. The van der Waals surface area contributed by atoms with Gasteiger partial charge in [-0.1, -0.05) is 12.1 Å². The zero-order valence-electron chi connectivity index (χ0n) is 15.3. The lowest BCUT2D eigenvalue weighted by atomic mass is 10.2. The number of rotatable bonds is 6. The van der Waals surface area contributed by atoms with Gasteiger partial charge in [0.25, 0.3) is 0 Å². The molecule has 1 aromatic heterocycles. The van der Waals surface area contributed by atoms with Crippen molar-refractivity contribution >= 4 is 33.2 Å². The van der Waals surface area contributed by atoms with Crippen molar-refractivity contribution < 1.29 is 17.9 Å². The van der Waals surface area contributed by atoms with Gasteiger partial charge in [-0.3, -0.25) is 4.79 Å². The van der Waals surface area contributed by atoms with Gasteiger partial charge in [0.2, 0.25) is 5.91 Å². The van der Waals surface area contributed by atoms with Crippen LogP contribution in [0.1, 0.15) is 22.7 Å². The molecule has 3 rings (SSSR count). The molecule has 1 fully saturated rings. The van der Waals surface area contributed by atoms with Crippen molar-refractivity contribution in [1.82, 2.24) is 9.88 Å². The highest BCUT2D eigenvalue weighted by molar-refractivity contribution is 7.91. The van der Waals surface area contributed by atoms with Crippen molar-refractivity contribution in [3.05, 3.63) is 52.0 Å². The van der Waals surface area contributed by atoms with E-state index in [-0.39, 0.29) is 23.5 Å². The summed E-state index contributed by atoms with van der Waals surface area (Å²) in [5.74, 6) is 0.739. The summed E-state index contributed by atoms with van der Waals surface area (Å²) < 4.78 is 28.8. The van der Waals surface area contributed by atoms with Gasteiger partial charge in [0, 0.05) is 24.5 Å². The number of nitrogens with zero attached hydrogens (tertiary/aromatic N) is 2. The Morgan fingerprint density at radius 3 is 2.70 bits per heavy atom. The third kappa shape index (κ3) is 5.40. The number of hydrogen-bond donors (Lipinski definition) is 0. The van der Waals surface area contributed by atoms with E-state index in [0.29, 0.717) is 13.0 Å². The number of ether oxygens (including phenoxy) is 1. The molecule has 0 spiro atoms. The molecule has 1 aromatic carbocycles. The van der Waals surface area contributed by atoms with Crippen molar-refractivity contribution in [3.8, 4) is 5.75 Å². The first kappa shape index (κ1) is 19.6. The fourth-order valence-electron chi connectivity index (χ4n) is 2.85. The quantitative estimate of drug-likeness (QED) is 0.690. The van der Waals surface area contributed by atoms with E-state index >= 15 is 0 Å². The van der Waals surface area contributed by atoms with Crippen molar-refractivity contribution in [3.63, 3.8) is 0 Å². The smallest absolute Gasteiger partial charge is 0.246 e. The first-order chi connectivity index (χ1) is 12.8. The Balaban J connectivity index is 1.53. The van der Waals surface area contributed by atoms with E-state index in [2.05, 4.69) is 4.98 Å². The molecule has 144 valence electrons. The molecule has 0 aliphatic carbocycles. The second-order valence-corrected chi connectivity index (χ2v) is 9.85. The third-order valence-corrected chi connectivity index (χ3v) is 7.03. The Labute approximate surface area is 163 Å². The van der Waals surface area contributed by atoms with Gasteiger partial charge in [-0.25, -0.2) is 13.4 Å². The minimum Gasteiger partial charge on any atom is -0.487 e. The zero-order chi connectivity index (χ0) is 19.4. The Morgan fingerprint density at radius 1 is 1.37 bits per heavy atom. The van der Waals surface area contributed by atoms with Crippen LogP contribution in [0, 0.1) is 6.92 Å². The number of thiazole rings is 1. The van der Waals surface area contributed by atoms with E-state index < -0.39 is 9.84 Å². The summed E-state index contributed by atoms with van der Waals surface area (Å²) in [5, 5.41) is 2.99. The number of likely N-dealkylation sites (N-methyl/N-ethyl adjacent to an activating group) is 1. The summed E-state index contributed by atoms with van der Waals surface area (Å²) in [6.45, 7) is 2.38. The van der Waals surface area contributed by atoms with Crippen molar-refractivity contribution in [2.24, 2.45) is 0 Å². The van der Waals surface area contributed by atoms with Gasteiger partial charge in [-0.2, -0.15) is 0 Å². The van der Waals surface area contributed by atoms with Crippen LogP contribution in [-0.2, 0) is 21.2 Å². The van der Waals surface area contributed by atoms with Gasteiger partial charge >= 0.3 is 0 Å². The molecular formula is C19H22N2O4S2. The fourth-order valence-corrected chi connectivity index (χ4v) is 5.22. The van der Waals surface area contributed by atoms with Crippen LogP contribution >= 0.6 is 11.3 Å². The Morgan fingerprint density at radius 2 is 2.11 bits per heavy atom. The summed E-state index contributed by atoms with van der Waals surface area (Å²) in [6.07, 6.45) is 3.69. The first-order valence-corrected chi connectivity index (χ1v) is 11.3. The molecule has 27 heavy (non-hydrogen) atoms. The van der Waals surface area contributed by atoms with Crippen LogP contribution in [0.15, 0.2) is 35.7 Å². The number of aromatic nitrogens is 1. The zero-order valence-corrected chi connectivity index (χ0v) is 16.9. The van der Waals surface area contributed by atoms with Gasteiger partial charge < -0.3 is 9.64 Å². The predicted molar refractivity (Wildman–Crippen MR) is 106 cm³/mol. The van der Waals surface area contributed by atoms with E-state index in [1.807, 2.05) is 36.6 Å². The minimum absolute atomic E-state index is 0.0492. The summed E-state index contributed by atoms with van der Waals surface area (Å²) in [4.78, 5) is 18.1. The summed E-state index contributed by atoms with van der Waals surface area (Å²) in [7, 11) is -1.36. The number of carbonyl (C=O) groups is 1. The molecule has 1 saturated heterocycles. The van der Waals surface area contributed by atoms with E-state index in [4.69, 9.17) is 4.74 Å². The highest BCUT2D eigenvalue weighted by Gasteiger charge is 2.31. The van der Waals surface area contributed by atoms with Crippen LogP contribution in [0.2, 0.25) is 0 Å². The molecule has 8 heteroatoms. The van der Waals surface area contributed by atoms with Crippen LogP contribution < -0.4 is 4.74 Å². The average Bonchev–Trinajstić information content (AvgIpc) is 3.23. The van der Waals surface area contributed by atoms with Gasteiger partial charge in [0.05, 0.1) is 22.2 Å². The number of benzene rings is 1. The van der Waals surface area contributed by atoms with E-state index in [1.165, 1.54) is 11.0 Å². The first-order valence-electron chi connectivity index (χ1n) is 8.61. The Bertz CT molecular complexity index is 933. The molecule has 1 aliphatic rings. The summed E-state index contributed by atoms with van der Waals surface area (Å²) in [5.41, 5.74) is 1.77. The van der Waals surface area contributed by atoms with Crippen LogP contribution in [0.25, 0.3) is 6.08 Å². The fraction of sp³-hybridized carbons (Fsp3) is 0.368. The largest absolute Gasteiger partial charge is 0.487 e. The number of sulfone groups is 1. The molecule has 1 unspecified atom stereocenters. The van der Waals surface area contributed by atoms with Crippen LogP contribution in [0.3, 0.4) is 0 Å². The summed E-state index contributed by atoms with van der Waals surface area (Å²) >= 11 is 1.59.